The van der Waals surface area contributed by atoms with Crippen molar-refractivity contribution in [2.75, 3.05) is 0 Å². The molecule has 0 fully saturated rings. The van der Waals surface area contributed by atoms with Gasteiger partial charge in [-0.1, -0.05) is 0 Å². The summed E-state index contributed by atoms with van der Waals surface area (Å²) in [5.74, 6) is -0.304. The van der Waals surface area contributed by atoms with Gasteiger partial charge in [-0.2, -0.15) is 0 Å². The van der Waals surface area contributed by atoms with E-state index < -0.39 is 0 Å². The topological polar surface area (TPSA) is 34.9 Å². The summed E-state index contributed by atoms with van der Waals surface area (Å²) in [4.78, 5) is 17.1. The van der Waals surface area contributed by atoms with Crippen LogP contribution < -0.4 is 5.56 Å². The Hall–Kier alpha value is -2.49. The molecule has 106 valence electrons. The number of pyridine rings is 2. The standard InChI is InChI=1S/C17H15FN2O/c1-3-20-9-8-13-10-11(2)19-16(15(13)17(20)21)12-4-6-14(18)7-5-12/h4-10H,3H2,1-2H3. The Morgan fingerprint density at radius 3 is 2.57 bits per heavy atom. The third-order valence-corrected chi connectivity index (χ3v) is 3.55. The number of aryl methyl sites for hydroxylation is 2. The van der Waals surface area contributed by atoms with Crippen LogP contribution in [0.15, 0.2) is 47.4 Å². The SMILES string of the molecule is CCn1ccc2cc(C)nc(-c3ccc(F)cc3)c2c1=O. The average molecular weight is 282 g/mol. The molecule has 2 aromatic heterocycles. The van der Waals surface area contributed by atoms with Crippen LogP contribution >= 0.6 is 0 Å². The van der Waals surface area contributed by atoms with Crippen molar-refractivity contribution in [2.45, 2.75) is 20.4 Å². The Morgan fingerprint density at radius 2 is 1.90 bits per heavy atom. The summed E-state index contributed by atoms with van der Waals surface area (Å²) >= 11 is 0. The molecule has 2 heterocycles. The number of hydrogen-bond acceptors (Lipinski definition) is 2. The van der Waals surface area contributed by atoms with Crippen molar-refractivity contribution >= 4 is 10.8 Å². The highest BCUT2D eigenvalue weighted by Gasteiger charge is 2.12. The lowest BCUT2D eigenvalue weighted by Crippen LogP contribution is -2.19. The van der Waals surface area contributed by atoms with Gasteiger partial charge in [0.2, 0.25) is 0 Å². The molecule has 0 radical (unpaired) electrons. The molecule has 3 rings (SSSR count). The van der Waals surface area contributed by atoms with E-state index in [0.29, 0.717) is 17.6 Å². The summed E-state index contributed by atoms with van der Waals surface area (Å²) in [6.45, 7) is 4.41. The smallest absolute Gasteiger partial charge is 0.260 e. The minimum absolute atomic E-state index is 0.0678. The third-order valence-electron chi connectivity index (χ3n) is 3.55. The molecular formula is C17H15FN2O. The molecule has 0 aliphatic rings. The van der Waals surface area contributed by atoms with Crippen molar-refractivity contribution in [1.82, 2.24) is 9.55 Å². The first kappa shape index (κ1) is 13.5. The van der Waals surface area contributed by atoms with Gasteiger partial charge in [0.15, 0.2) is 0 Å². The number of aromatic nitrogens is 2. The van der Waals surface area contributed by atoms with Crippen molar-refractivity contribution in [3.8, 4) is 11.3 Å². The number of nitrogens with zero attached hydrogens (tertiary/aromatic N) is 2. The van der Waals surface area contributed by atoms with Crippen LogP contribution in [0.5, 0.6) is 0 Å². The molecule has 0 aliphatic carbocycles. The Kier molecular flexibility index (Phi) is 3.29. The monoisotopic (exact) mass is 282 g/mol. The van der Waals surface area contributed by atoms with Crippen molar-refractivity contribution in [1.29, 1.82) is 0 Å². The van der Waals surface area contributed by atoms with E-state index in [-0.39, 0.29) is 11.4 Å². The Bertz CT molecular complexity index is 866. The third kappa shape index (κ3) is 2.33. The van der Waals surface area contributed by atoms with E-state index in [1.807, 2.05) is 26.0 Å². The fraction of sp³-hybridized carbons (Fsp3) is 0.176. The normalized spacial score (nSPS) is 11.0. The van der Waals surface area contributed by atoms with Crippen molar-refractivity contribution < 1.29 is 4.39 Å². The highest BCUT2D eigenvalue weighted by molar-refractivity contribution is 5.94. The second-order valence-electron chi connectivity index (χ2n) is 4.99. The Balaban J connectivity index is 2.40. The second kappa shape index (κ2) is 5.13. The van der Waals surface area contributed by atoms with Gasteiger partial charge in [0, 0.05) is 24.0 Å². The molecular weight excluding hydrogens is 267 g/mol. The predicted octanol–water partition coefficient (Wildman–Crippen LogP) is 3.53. The maximum atomic E-state index is 13.1. The first-order valence-corrected chi connectivity index (χ1v) is 6.87. The van der Waals surface area contributed by atoms with Crippen LogP contribution in [0.4, 0.5) is 4.39 Å². The minimum atomic E-state index is -0.304. The first-order valence-electron chi connectivity index (χ1n) is 6.87. The van der Waals surface area contributed by atoms with E-state index in [0.717, 1.165) is 16.6 Å². The van der Waals surface area contributed by atoms with Crippen LogP contribution in [0.1, 0.15) is 12.6 Å². The molecule has 0 unspecified atom stereocenters. The van der Waals surface area contributed by atoms with Crippen LogP contribution in [0.3, 0.4) is 0 Å². The zero-order valence-electron chi connectivity index (χ0n) is 11.9. The van der Waals surface area contributed by atoms with Gasteiger partial charge in [0.25, 0.3) is 5.56 Å². The highest BCUT2D eigenvalue weighted by atomic mass is 19.1. The molecule has 4 heteroatoms. The van der Waals surface area contributed by atoms with Crippen molar-refractivity contribution in [2.24, 2.45) is 0 Å². The number of rotatable bonds is 2. The quantitative estimate of drug-likeness (QED) is 0.720. The van der Waals surface area contributed by atoms with E-state index in [4.69, 9.17) is 0 Å². The van der Waals surface area contributed by atoms with E-state index >= 15 is 0 Å². The summed E-state index contributed by atoms with van der Waals surface area (Å²) in [7, 11) is 0. The molecule has 0 bridgehead atoms. The van der Waals surface area contributed by atoms with E-state index in [1.54, 1.807) is 22.9 Å². The maximum absolute atomic E-state index is 13.1. The molecule has 0 saturated carbocycles. The zero-order chi connectivity index (χ0) is 15.0. The van der Waals surface area contributed by atoms with Gasteiger partial charge in [-0.3, -0.25) is 9.78 Å². The lowest BCUT2D eigenvalue weighted by molar-refractivity contribution is 0.628. The lowest BCUT2D eigenvalue weighted by atomic mass is 10.0. The van der Waals surface area contributed by atoms with E-state index in [2.05, 4.69) is 4.98 Å². The lowest BCUT2D eigenvalue weighted by Gasteiger charge is -2.10. The van der Waals surface area contributed by atoms with Crippen molar-refractivity contribution in [3.63, 3.8) is 0 Å². The van der Waals surface area contributed by atoms with Gasteiger partial charge >= 0.3 is 0 Å². The second-order valence-corrected chi connectivity index (χ2v) is 4.99. The fourth-order valence-electron chi connectivity index (χ4n) is 2.50. The van der Waals surface area contributed by atoms with Gasteiger partial charge in [-0.15, -0.1) is 0 Å². The Labute approximate surface area is 121 Å². The summed E-state index contributed by atoms with van der Waals surface area (Å²) in [6, 6.07) is 9.88. The van der Waals surface area contributed by atoms with Crippen LogP contribution in [0.25, 0.3) is 22.0 Å². The van der Waals surface area contributed by atoms with Crippen LogP contribution in [0.2, 0.25) is 0 Å². The number of benzene rings is 1. The summed E-state index contributed by atoms with van der Waals surface area (Å²) in [5.41, 5.74) is 2.12. The minimum Gasteiger partial charge on any atom is -0.315 e. The van der Waals surface area contributed by atoms with Crippen molar-refractivity contribution in [3.05, 3.63) is 64.5 Å². The molecule has 0 aliphatic heterocycles. The highest BCUT2D eigenvalue weighted by Crippen LogP contribution is 2.25. The predicted molar refractivity (Wildman–Crippen MR) is 81.8 cm³/mol. The number of fused-ring (bicyclic) bond motifs is 1. The zero-order valence-corrected chi connectivity index (χ0v) is 11.9. The molecule has 3 aromatic rings. The maximum Gasteiger partial charge on any atom is 0.260 e. The summed E-state index contributed by atoms with van der Waals surface area (Å²) in [6.07, 6.45) is 1.79. The molecule has 0 amide bonds. The molecule has 1 aromatic carbocycles. The molecule has 0 N–H and O–H groups in total. The van der Waals surface area contributed by atoms with Gasteiger partial charge in [0.1, 0.15) is 5.82 Å². The summed E-state index contributed by atoms with van der Waals surface area (Å²) < 4.78 is 14.8. The summed E-state index contributed by atoms with van der Waals surface area (Å²) in [5, 5.41) is 1.44. The number of halogens is 1. The van der Waals surface area contributed by atoms with E-state index in [9.17, 15) is 9.18 Å². The first-order chi connectivity index (χ1) is 10.1. The van der Waals surface area contributed by atoms with Gasteiger partial charge in [-0.05, 0) is 55.6 Å². The molecule has 21 heavy (non-hydrogen) atoms. The number of hydrogen-bond donors (Lipinski definition) is 0. The van der Waals surface area contributed by atoms with Crippen LogP contribution in [-0.4, -0.2) is 9.55 Å². The van der Waals surface area contributed by atoms with Gasteiger partial charge in [-0.25, -0.2) is 4.39 Å². The molecule has 3 nitrogen and oxygen atoms in total. The van der Waals surface area contributed by atoms with Gasteiger partial charge < -0.3 is 4.57 Å². The molecule has 0 atom stereocenters. The van der Waals surface area contributed by atoms with Crippen LogP contribution in [0, 0.1) is 12.7 Å². The fourth-order valence-corrected chi connectivity index (χ4v) is 2.50. The molecule has 0 spiro atoms. The van der Waals surface area contributed by atoms with Crippen LogP contribution in [-0.2, 0) is 6.54 Å². The Morgan fingerprint density at radius 1 is 1.19 bits per heavy atom. The molecule has 0 saturated heterocycles. The van der Waals surface area contributed by atoms with E-state index in [1.165, 1.54) is 12.1 Å². The van der Waals surface area contributed by atoms with Gasteiger partial charge in [0.05, 0.1) is 11.1 Å². The average Bonchev–Trinajstić information content (AvgIpc) is 2.47. The largest absolute Gasteiger partial charge is 0.315 e.